The fraction of sp³-hybridized carbons (Fsp3) is 0.708. The summed E-state index contributed by atoms with van der Waals surface area (Å²) in [6.45, 7) is 10.5. The lowest BCUT2D eigenvalue weighted by Crippen LogP contribution is -2.52. The molecule has 0 unspecified atom stereocenters. The number of nitrogens with zero attached hydrogens (tertiary/aromatic N) is 6. The van der Waals surface area contributed by atoms with Crippen LogP contribution in [0.3, 0.4) is 0 Å². The maximum absolute atomic E-state index is 5.79. The largest absolute Gasteiger partial charge is 0.497 e. The van der Waals surface area contributed by atoms with Gasteiger partial charge in [-0.15, -0.1) is 5.10 Å². The minimum atomic E-state index is -0.229. The number of ether oxygens (including phenoxy) is 2. The first-order valence-electron chi connectivity index (χ1n) is 11.9. The Morgan fingerprint density at radius 1 is 0.969 bits per heavy atom. The van der Waals surface area contributed by atoms with Gasteiger partial charge in [-0.05, 0) is 62.2 Å². The van der Waals surface area contributed by atoms with Crippen molar-refractivity contribution in [3.05, 3.63) is 29.6 Å². The lowest BCUT2D eigenvalue weighted by atomic mass is 9.93. The molecular weight excluding hydrogens is 404 g/mol. The Balaban J connectivity index is 1.68. The maximum Gasteiger partial charge on any atom is 0.173 e. The molecule has 0 N–H and O–H groups in total. The molecule has 1 saturated heterocycles. The summed E-state index contributed by atoms with van der Waals surface area (Å²) in [7, 11) is 3.42. The molecule has 0 bridgehead atoms. The molecule has 8 heteroatoms. The molecule has 1 aromatic heterocycles. The average molecular weight is 443 g/mol. The van der Waals surface area contributed by atoms with Crippen LogP contribution in [-0.4, -0.2) is 76.4 Å². The number of aromatic nitrogens is 4. The normalized spacial score (nSPS) is 20.3. The Kier molecular flexibility index (Phi) is 7.00. The van der Waals surface area contributed by atoms with E-state index in [9.17, 15) is 0 Å². The van der Waals surface area contributed by atoms with Gasteiger partial charge < -0.3 is 9.47 Å². The molecule has 1 atom stereocenters. The van der Waals surface area contributed by atoms with Gasteiger partial charge in [-0.3, -0.25) is 9.80 Å². The Morgan fingerprint density at radius 2 is 1.69 bits per heavy atom. The van der Waals surface area contributed by atoms with Gasteiger partial charge in [0.15, 0.2) is 5.82 Å². The Morgan fingerprint density at radius 3 is 2.31 bits per heavy atom. The van der Waals surface area contributed by atoms with Crippen molar-refractivity contribution in [2.75, 3.05) is 40.4 Å². The van der Waals surface area contributed by atoms with Crippen molar-refractivity contribution >= 4 is 0 Å². The zero-order chi connectivity index (χ0) is 22.7. The summed E-state index contributed by atoms with van der Waals surface area (Å²) in [6.07, 6.45) is 6.82. The molecule has 2 heterocycles. The van der Waals surface area contributed by atoms with Crippen molar-refractivity contribution in [1.82, 2.24) is 30.0 Å². The summed E-state index contributed by atoms with van der Waals surface area (Å²) in [5.41, 5.74) is 0.811. The standard InChI is InChI=1S/C24H38N6O2/c1-24(2,3)30-23(25-26-27-30)22(20-17-19(31-4)11-12-21(20)32-5)29-15-13-28(14-16-29)18-9-7-6-8-10-18/h11-12,17-18,22H,6-10,13-16H2,1-5H3/t22-/m1/s1. The van der Waals surface area contributed by atoms with Crippen molar-refractivity contribution in [2.45, 2.75) is 70.5 Å². The highest BCUT2D eigenvalue weighted by atomic mass is 16.5. The van der Waals surface area contributed by atoms with Crippen LogP contribution >= 0.6 is 0 Å². The summed E-state index contributed by atoms with van der Waals surface area (Å²) in [4.78, 5) is 5.20. The van der Waals surface area contributed by atoms with Crippen LogP contribution in [0.5, 0.6) is 11.5 Å². The van der Waals surface area contributed by atoms with Gasteiger partial charge in [-0.1, -0.05) is 19.3 Å². The molecule has 1 aliphatic carbocycles. The van der Waals surface area contributed by atoms with Crippen LogP contribution in [0.1, 0.15) is 70.3 Å². The SMILES string of the molecule is COc1ccc(OC)c([C@H](c2nnnn2C(C)(C)C)N2CCN(C3CCCCC3)CC2)c1. The van der Waals surface area contributed by atoms with E-state index in [1.54, 1.807) is 14.2 Å². The van der Waals surface area contributed by atoms with Crippen LogP contribution < -0.4 is 9.47 Å². The highest BCUT2D eigenvalue weighted by Gasteiger charge is 2.36. The summed E-state index contributed by atoms with van der Waals surface area (Å²) in [5, 5.41) is 13.0. The fourth-order valence-electron chi connectivity index (χ4n) is 5.20. The number of methoxy groups -OCH3 is 2. The number of piperazine rings is 1. The third kappa shape index (κ3) is 4.76. The maximum atomic E-state index is 5.79. The van der Waals surface area contributed by atoms with Crippen LogP contribution in [0.4, 0.5) is 0 Å². The third-order valence-corrected chi connectivity index (χ3v) is 6.91. The van der Waals surface area contributed by atoms with Gasteiger partial charge >= 0.3 is 0 Å². The summed E-state index contributed by atoms with van der Waals surface area (Å²) in [5.74, 6) is 2.48. The van der Waals surface area contributed by atoms with E-state index in [2.05, 4.69) is 52.2 Å². The van der Waals surface area contributed by atoms with Gasteiger partial charge in [0.05, 0.1) is 19.8 Å². The first kappa shape index (κ1) is 23.0. The lowest BCUT2D eigenvalue weighted by Gasteiger charge is -2.43. The molecule has 4 rings (SSSR count). The molecule has 1 aliphatic heterocycles. The molecule has 2 aromatic rings. The molecule has 0 radical (unpaired) electrons. The third-order valence-electron chi connectivity index (χ3n) is 6.91. The highest BCUT2D eigenvalue weighted by Crippen LogP contribution is 2.38. The minimum absolute atomic E-state index is 0.109. The monoisotopic (exact) mass is 442 g/mol. The fourth-order valence-corrected chi connectivity index (χ4v) is 5.20. The van der Waals surface area contributed by atoms with E-state index in [4.69, 9.17) is 9.47 Å². The molecular formula is C24H38N6O2. The Bertz CT molecular complexity index is 879. The highest BCUT2D eigenvalue weighted by molar-refractivity contribution is 5.44. The molecule has 1 saturated carbocycles. The van der Waals surface area contributed by atoms with E-state index in [-0.39, 0.29) is 11.6 Å². The van der Waals surface area contributed by atoms with Crippen LogP contribution in [0, 0.1) is 0 Å². The van der Waals surface area contributed by atoms with Gasteiger partial charge in [0.2, 0.25) is 0 Å². The number of tetrazole rings is 1. The molecule has 176 valence electrons. The number of hydrogen-bond acceptors (Lipinski definition) is 7. The molecule has 8 nitrogen and oxygen atoms in total. The second-order valence-corrected chi connectivity index (χ2v) is 9.99. The minimum Gasteiger partial charge on any atom is -0.497 e. The van der Waals surface area contributed by atoms with E-state index in [1.807, 2.05) is 16.8 Å². The summed E-state index contributed by atoms with van der Waals surface area (Å²) in [6, 6.07) is 6.62. The van der Waals surface area contributed by atoms with Crippen LogP contribution in [0.15, 0.2) is 18.2 Å². The Labute approximate surface area is 191 Å². The van der Waals surface area contributed by atoms with Crippen molar-refractivity contribution < 1.29 is 9.47 Å². The average Bonchev–Trinajstić information content (AvgIpc) is 3.30. The second kappa shape index (κ2) is 9.75. The number of rotatable bonds is 6. The summed E-state index contributed by atoms with van der Waals surface area (Å²) < 4.78 is 13.3. The van der Waals surface area contributed by atoms with E-state index >= 15 is 0 Å². The zero-order valence-corrected chi connectivity index (χ0v) is 20.3. The molecule has 0 spiro atoms. The van der Waals surface area contributed by atoms with Gasteiger partial charge in [0.25, 0.3) is 0 Å². The second-order valence-electron chi connectivity index (χ2n) is 9.99. The van der Waals surface area contributed by atoms with E-state index < -0.39 is 0 Å². The van der Waals surface area contributed by atoms with E-state index in [1.165, 1.54) is 32.1 Å². The zero-order valence-electron chi connectivity index (χ0n) is 20.3. The van der Waals surface area contributed by atoms with Crippen LogP contribution in [0.2, 0.25) is 0 Å². The lowest BCUT2D eigenvalue weighted by molar-refractivity contribution is 0.0603. The smallest absolute Gasteiger partial charge is 0.173 e. The first-order chi connectivity index (χ1) is 15.4. The molecule has 32 heavy (non-hydrogen) atoms. The summed E-state index contributed by atoms with van der Waals surface area (Å²) >= 11 is 0. The van der Waals surface area contributed by atoms with Crippen LogP contribution in [-0.2, 0) is 5.54 Å². The molecule has 0 amide bonds. The van der Waals surface area contributed by atoms with Crippen molar-refractivity contribution in [3.8, 4) is 11.5 Å². The van der Waals surface area contributed by atoms with Gasteiger partial charge in [-0.2, -0.15) is 0 Å². The molecule has 2 fully saturated rings. The van der Waals surface area contributed by atoms with Crippen molar-refractivity contribution in [2.24, 2.45) is 0 Å². The van der Waals surface area contributed by atoms with Crippen LogP contribution in [0.25, 0.3) is 0 Å². The Hall–Kier alpha value is -2.19. The van der Waals surface area contributed by atoms with E-state index in [0.717, 1.165) is 55.1 Å². The van der Waals surface area contributed by atoms with Gasteiger partial charge in [-0.25, -0.2) is 4.68 Å². The first-order valence-corrected chi connectivity index (χ1v) is 11.9. The van der Waals surface area contributed by atoms with Crippen molar-refractivity contribution in [3.63, 3.8) is 0 Å². The van der Waals surface area contributed by atoms with Gasteiger partial charge in [0, 0.05) is 37.8 Å². The molecule has 2 aliphatic rings. The van der Waals surface area contributed by atoms with Gasteiger partial charge in [0.1, 0.15) is 17.5 Å². The predicted molar refractivity (Wildman–Crippen MR) is 124 cm³/mol. The quantitative estimate of drug-likeness (QED) is 0.678. The topological polar surface area (TPSA) is 68.5 Å². The predicted octanol–water partition coefficient (Wildman–Crippen LogP) is 3.49. The van der Waals surface area contributed by atoms with E-state index in [0.29, 0.717) is 0 Å². The van der Waals surface area contributed by atoms with Crippen molar-refractivity contribution in [1.29, 1.82) is 0 Å². The molecule has 1 aromatic carbocycles. The number of hydrogen-bond donors (Lipinski definition) is 0. The number of benzene rings is 1.